The molecule has 5 nitrogen and oxygen atoms in total. The normalized spacial score (nSPS) is 23.9. The highest BCUT2D eigenvalue weighted by Gasteiger charge is 2.39. The summed E-state index contributed by atoms with van der Waals surface area (Å²) in [5, 5.41) is 2.55. The Labute approximate surface area is 148 Å². The molecular weight excluding hydrogens is 321 g/mol. The number of hydrogen-bond acceptors (Lipinski definition) is 3. The molecule has 0 saturated carbocycles. The van der Waals surface area contributed by atoms with E-state index in [1.165, 1.54) is 6.07 Å². The van der Waals surface area contributed by atoms with Crippen LogP contribution in [0.4, 0.5) is 10.1 Å². The third-order valence-electron chi connectivity index (χ3n) is 5.42. The first-order valence-corrected chi connectivity index (χ1v) is 9.08. The summed E-state index contributed by atoms with van der Waals surface area (Å²) >= 11 is 0. The minimum absolute atomic E-state index is 0.141. The molecule has 0 aliphatic carbocycles. The van der Waals surface area contributed by atoms with Crippen molar-refractivity contribution in [3.8, 4) is 0 Å². The van der Waals surface area contributed by atoms with Gasteiger partial charge >= 0.3 is 11.8 Å². The molecule has 0 radical (unpaired) electrons. The predicted molar refractivity (Wildman–Crippen MR) is 94.7 cm³/mol. The zero-order valence-electron chi connectivity index (χ0n) is 14.9. The van der Waals surface area contributed by atoms with Gasteiger partial charge in [-0.3, -0.25) is 9.59 Å². The van der Waals surface area contributed by atoms with Gasteiger partial charge in [-0.2, -0.15) is 0 Å². The van der Waals surface area contributed by atoms with Crippen molar-refractivity contribution in [2.24, 2.45) is 5.92 Å². The van der Waals surface area contributed by atoms with E-state index in [1.54, 1.807) is 17.0 Å². The Balaban J connectivity index is 1.67. The SMILES string of the molecule is CCc1ccc(NC(=O)C(=O)N2CCC[C@@H]3CN(C)CC[C@H]32)cc1F. The van der Waals surface area contributed by atoms with Gasteiger partial charge in [-0.15, -0.1) is 0 Å². The summed E-state index contributed by atoms with van der Waals surface area (Å²) in [6, 6.07) is 4.70. The van der Waals surface area contributed by atoms with E-state index < -0.39 is 11.8 Å². The fourth-order valence-corrected chi connectivity index (χ4v) is 4.06. The Hall–Kier alpha value is -1.95. The van der Waals surface area contributed by atoms with Crippen LogP contribution in [-0.4, -0.2) is 54.3 Å². The van der Waals surface area contributed by atoms with Crippen LogP contribution in [0.5, 0.6) is 0 Å². The number of benzene rings is 1. The number of fused-ring (bicyclic) bond motifs is 1. The van der Waals surface area contributed by atoms with Gasteiger partial charge < -0.3 is 15.1 Å². The van der Waals surface area contributed by atoms with Crippen molar-refractivity contribution in [2.45, 2.75) is 38.6 Å². The molecule has 0 unspecified atom stereocenters. The van der Waals surface area contributed by atoms with Gasteiger partial charge in [0.05, 0.1) is 0 Å². The van der Waals surface area contributed by atoms with Crippen LogP contribution in [-0.2, 0) is 16.0 Å². The highest BCUT2D eigenvalue weighted by Crippen LogP contribution is 2.30. The lowest BCUT2D eigenvalue weighted by molar-refractivity contribution is -0.148. The molecule has 2 saturated heterocycles. The van der Waals surface area contributed by atoms with Crippen LogP contribution >= 0.6 is 0 Å². The molecule has 0 bridgehead atoms. The molecule has 25 heavy (non-hydrogen) atoms. The molecule has 1 N–H and O–H groups in total. The molecule has 1 aromatic rings. The monoisotopic (exact) mass is 347 g/mol. The number of carbonyl (C=O) groups excluding carboxylic acids is 2. The molecule has 2 amide bonds. The summed E-state index contributed by atoms with van der Waals surface area (Å²) < 4.78 is 13.9. The summed E-state index contributed by atoms with van der Waals surface area (Å²) in [4.78, 5) is 29.0. The number of likely N-dealkylation sites (tertiary alicyclic amines) is 2. The third kappa shape index (κ3) is 3.84. The van der Waals surface area contributed by atoms with Gasteiger partial charge in [0.15, 0.2) is 0 Å². The number of halogens is 1. The molecule has 2 atom stereocenters. The highest BCUT2D eigenvalue weighted by molar-refractivity contribution is 6.39. The van der Waals surface area contributed by atoms with E-state index in [0.717, 1.165) is 32.4 Å². The smallest absolute Gasteiger partial charge is 0.313 e. The average molecular weight is 347 g/mol. The van der Waals surface area contributed by atoms with Crippen LogP contribution in [0.15, 0.2) is 18.2 Å². The van der Waals surface area contributed by atoms with Crippen LogP contribution in [0.3, 0.4) is 0 Å². The van der Waals surface area contributed by atoms with E-state index in [0.29, 0.717) is 30.1 Å². The van der Waals surface area contributed by atoms with Crippen molar-refractivity contribution < 1.29 is 14.0 Å². The predicted octanol–water partition coefficient (Wildman–Crippen LogP) is 2.27. The maximum atomic E-state index is 13.9. The molecule has 2 aliphatic heterocycles. The first-order chi connectivity index (χ1) is 12.0. The topological polar surface area (TPSA) is 52.7 Å². The van der Waals surface area contributed by atoms with Gasteiger partial charge in [-0.25, -0.2) is 4.39 Å². The van der Waals surface area contributed by atoms with Crippen molar-refractivity contribution >= 4 is 17.5 Å². The summed E-state index contributed by atoms with van der Waals surface area (Å²) in [6.07, 6.45) is 3.52. The lowest BCUT2D eigenvalue weighted by atomic mass is 9.84. The van der Waals surface area contributed by atoms with Gasteiger partial charge in [0.25, 0.3) is 0 Å². The van der Waals surface area contributed by atoms with Gasteiger partial charge in [0.1, 0.15) is 5.82 Å². The lowest BCUT2D eigenvalue weighted by Crippen LogP contribution is -2.57. The van der Waals surface area contributed by atoms with E-state index in [2.05, 4.69) is 17.3 Å². The zero-order valence-corrected chi connectivity index (χ0v) is 14.9. The summed E-state index contributed by atoms with van der Waals surface area (Å²) in [5.41, 5.74) is 0.916. The Morgan fingerprint density at radius 3 is 2.80 bits per heavy atom. The van der Waals surface area contributed by atoms with Crippen LogP contribution in [0.25, 0.3) is 0 Å². The number of piperidine rings is 2. The van der Waals surface area contributed by atoms with Crippen molar-refractivity contribution in [1.82, 2.24) is 9.80 Å². The van der Waals surface area contributed by atoms with Crippen LogP contribution in [0.1, 0.15) is 31.7 Å². The molecule has 1 aromatic carbocycles. The molecule has 0 aromatic heterocycles. The Morgan fingerprint density at radius 2 is 2.08 bits per heavy atom. The minimum Gasteiger partial charge on any atom is -0.331 e. The van der Waals surface area contributed by atoms with Crippen molar-refractivity contribution in [2.75, 3.05) is 32.0 Å². The molecule has 0 spiro atoms. The third-order valence-corrected chi connectivity index (χ3v) is 5.42. The Morgan fingerprint density at radius 1 is 1.28 bits per heavy atom. The number of amides is 2. The quantitative estimate of drug-likeness (QED) is 0.835. The minimum atomic E-state index is -0.678. The van der Waals surface area contributed by atoms with Crippen LogP contribution < -0.4 is 5.32 Å². The van der Waals surface area contributed by atoms with Crippen LogP contribution in [0.2, 0.25) is 0 Å². The largest absolute Gasteiger partial charge is 0.331 e. The highest BCUT2D eigenvalue weighted by atomic mass is 19.1. The van der Waals surface area contributed by atoms with Crippen molar-refractivity contribution in [3.05, 3.63) is 29.6 Å². The number of nitrogens with zero attached hydrogens (tertiary/aromatic N) is 2. The summed E-state index contributed by atoms with van der Waals surface area (Å²) in [6.45, 7) is 4.41. The van der Waals surface area contributed by atoms with E-state index in [4.69, 9.17) is 0 Å². The molecule has 3 rings (SSSR count). The van der Waals surface area contributed by atoms with Crippen LogP contribution in [0, 0.1) is 11.7 Å². The second kappa shape index (κ2) is 7.52. The van der Waals surface area contributed by atoms with Gasteiger partial charge in [-0.05, 0) is 62.9 Å². The van der Waals surface area contributed by atoms with E-state index in [1.807, 2.05) is 6.92 Å². The van der Waals surface area contributed by atoms with Crippen molar-refractivity contribution in [3.63, 3.8) is 0 Å². The second-order valence-corrected chi connectivity index (χ2v) is 7.13. The summed E-state index contributed by atoms with van der Waals surface area (Å²) in [5.74, 6) is -1.10. The first-order valence-electron chi connectivity index (χ1n) is 9.08. The average Bonchev–Trinajstić information content (AvgIpc) is 2.60. The van der Waals surface area contributed by atoms with Gasteiger partial charge in [0, 0.05) is 24.8 Å². The standard InChI is InChI=1S/C19H26FN3O2/c1-3-13-6-7-15(11-16(13)20)21-18(24)19(25)23-9-4-5-14-12-22(2)10-8-17(14)23/h6-7,11,14,17H,3-5,8-10,12H2,1-2H3,(H,21,24)/t14-,17-/m1/s1. The maximum Gasteiger partial charge on any atom is 0.313 e. The zero-order chi connectivity index (χ0) is 18.0. The fourth-order valence-electron chi connectivity index (χ4n) is 4.06. The van der Waals surface area contributed by atoms with Gasteiger partial charge in [-0.1, -0.05) is 13.0 Å². The number of rotatable bonds is 2. The van der Waals surface area contributed by atoms with E-state index >= 15 is 0 Å². The number of anilines is 1. The van der Waals surface area contributed by atoms with E-state index in [9.17, 15) is 14.0 Å². The second-order valence-electron chi connectivity index (χ2n) is 7.13. The van der Waals surface area contributed by atoms with Gasteiger partial charge in [0.2, 0.25) is 0 Å². The fraction of sp³-hybridized carbons (Fsp3) is 0.579. The van der Waals surface area contributed by atoms with E-state index in [-0.39, 0.29) is 11.9 Å². The number of hydrogen-bond donors (Lipinski definition) is 1. The summed E-state index contributed by atoms with van der Waals surface area (Å²) in [7, 11) is 2.10. The lowest BCUT2D eigenvalue weighted by Gasteiger charge is -2.46. The molecule has 136 valence electrons. The Kier molecular flexibility index (Phi) is 5.37. The molecule has 2 fully saturated rings. The number of carbonyl (C=O) groups is 2. The molecule has 2 heterocycles. The van der Waals surface area contributed by atoms with Crippen molar-refractivity contribution in [1.29, 1.82) is 0 Å². The molecule has 6 heteroatoms. The Bertz CT molecular complexity index is 664. The number of aryl methyl sites for hydroxylation is 1. The first kappa shape index (κ1) is 17.9. The number of nitrogens with one attached hydrogen (secondary N) is 1. The molecular formula is C19H26FN3O2. The maximum absolute atomic E-state index is 13.9. The molecule has 2 aliphatic rings.